The van der Waals surface area contributed by atoms with Crippen molar-refractivity contribution in [2.24, 2.45) is 0 Å². The van der Waals surface area contributed by atoms with Crippen LogP contribution in [-0.2, 0) is 16.8 Å². The third-order valence-corrected chi connectivity index (χ3v) is 5.91. The van der Waals surface area contributed by atoms with Crippen LogP contribution >= 0.6 is 0 Å². The topological polar surface area (TPSA) is 43.7 Å². The van der Waals surface area contributed by atoms with Gasteiger partial charge in [0.05, 0.1) is 25.4 Å². The Morgan fingerprint density at radius 3 is 2.58 bits per heavy atom. The quantitative estimate of drug-likeness (QED) is 0.477. The maximum absolute atomic E-state index is 13.4. The normalized spacial score (nSPS) is 17.5. The van der Waals surface area contributed by atoms with Gasteiger partial charge in [0.25, 0.3) is 0 Å². The van der Waals surface area contributed by atoms with Gasteiger partial charge in [-0.3, -0.25) is 9.40 Å². The third-order valence-electron chi connectivity index (χ3n) is 5.91. The lowest BCUT2D eigenvalue weighted by Crippen LogP contribution is -2.42. The lowest BCUT2D eigenvalue weighted by atomic mass is 9.89. The van der Waals surface area contributed by atoms with Gasteiger partial charge in [-0.05, 0) is 43.0 Å². The molecule has 2 heterocycles. The van der Waals surface area contributed by atoms with Crippen LogP contribution in [-0.4, -0.2) is 29.9 Å². The minimum Gasteiger partial charge on any atom is -0.496 e. The van der Waals surface area contributed by atoms with E-state index in [1.165, 1.54) is 10.6 Å². The summed E-state index contributed by atoms with van der Waals surface area (Å²) in [7, 11) is 3.19. The fourth-order valence-corrected chi connectivity index (χ4v) is 4.38. The first kappa shape index (κ1) is 21.0. The van der Waals surface area contributed by atoms with E-state index in [1.54, 1.807) is 18.8 Å². The SMILES string of the molecule is CCCCC1(C#CCCc2ccccc2)c2cc3c(OC)cccc3n2C(=O)N1OC. The second-order valence-electron chi connectivity index (χ2n) is 7.77. The Morgan fingerprint density at radius 2 is 1.87 bits per heavy atom. The Bertz CT molecular complexity index is 1140. The number of rotatable bonds is 7. The molecule has 0 saturated carbocycles. The molecule has 2 aromatic carbocycles. The molecule has 0 radical (unpaired) electrons. The first-order chi connectivity index (χ1) is 15.2. The van der Waals surface area contributed by atoms with E-state index in [0.717, 1.165) is 41.6 Å². The predicted molar refractivity (Wildman–Crippen MR) is 122 cm³/mol. The molecule has 0 saturated heterocycles. The number of hydrogen-bond acceptors (Lipinski definition) is 3. The Balaban J connectivity index is 1.79. The Kier molecular flexibility index (Phi) is 6.01. The number of hydrogen-bond donors (Lipinski definition) is 0. The number of fused-ring (bicyclic) bond motifs is 3. The van der Waals surface area contributed by atoms with Crippen LogP contribution in [0.5, 0.6) is 5.75 Å². The smallest absolute Gasteiger partial charge is 0.354 e. The Labute approximate surface area is 183 Å². The molecule has 4 rings (SSSR count). The van der Waals surface area contributed by atoms with E-state index in [2.05, 4.69) is 30.9 Å². The van der Waals surface area contributed by atoms with Gasteiger partial charge in [0.1, 0.15) is 5.75 Å². The summed E-state index contributed by atoms with van der Waals surface area (Å²) in [6, 6.07) is 17.9. The summed E-state index contributed by atoms with van der Waals surface area (Å²) in [5, 5.41) is 2.36. The molecule has 1 aromatic heterocycles. The molecule has 31 heavy (non-hydrogen) atoms. The molecule has 1 unspecified atom stereocenters. The Morgan fingerprint density at radius 1 is 1.06 bits per heavy atom. The number of unbranched alkanes of at least 4 members (excludes halogenated alkanes) is 1. The number of methoxy groups -OCH3 is 1. The van der Waals surface area contributed by atoms with Gasteiger partial charge in [-0.2, -0.15) is 5.06 Å². The highest BCUT2D eigenvalue weighted by atomic mass is 16.7. The highest BCUT2D eigenvalue weighted by molar-refractivity contribution is 5.98. The molecule has 0 N–H and O–H groups in total. The van der Waals surface area contributed by atoms with E-state index in [9.17, 15) is 4.79 Å². The van der Waals surface area contributed by atoms with Crippen LogP contribution in [0.25, 0.3) is 10.9 Å². The molecule has 5 heteroatoms. The van der Waals surface area contributed by atoms with Gasteiger partial charge in [0.15, 0.2) is 5.54 Å². The number of aromatic nitrogens is 1. The van der Waals surface area contributed by atoms with Crippen molar-refractivity contribution >= 4 is 16.9 Å². The van der Waals surface area contributed by atoms with Crippen LogP contribution < -0.4 is 4.74 Å². The van der Waals surface area contributed by atoms with Crippen molar-refractivity contribution in [1.82, 2.24) is 9.63 Å². The average molecular weight is 417 g/mol. The lowest BCUT2D eigenvalue weighted by molar-refractivity contribution is -0.134. The molecule has 1 aliphatic rings. The van der Waals surface area contributed by atoms with E-state index >= 15 is 0 Å². The Hall–Kier alpha value is -3.23. The highest BCUT2D eigenvalue weighted by Gasteiger charge is 2.51. The maximum Gasteiger partial charge on any atom is 0.354 e. The van der Waals surface area contributed by atoms with Crippen LogP contribution in [0, 0.1) is 11.8 Å². The van der Waals surface area contributed by atoms with E-state index in [-0.39, 0.29) is 6.03 Å². The van der Waals surface area contributed by atoms with Crippen molar-refractivity contribution in [3.8, 4) is 17.6 Å². The first-order valence-electron chi connectivity index (χ1n) is 10.8. The van der Waals surface area contributed by atoms with Crippen LogP contribution in [0.2, 0.25) is 0 Å². The molecule has 0 fully saturated rings. The molecule has 1 aliphatic heterocycles. The molecule has 5 nitrogen and oxygen atoms in total. The molecule has 3 aromatic rings. The minimum absolute atomic E-state index is 0.214. The van der Waals surface area contributed by atoms with Crippen molar-refractivity contribution in [2.45, 2.75) is 44.6 Å². The fraction of sp³-hybridized carbons (Fsp3) is 0.346. The van der Waals surface area contributed by atoms with Gasteiger partial charge < -0.3 is 4.74 Å². The highest BCUT2D eigenvalue weighted by Crippen LogP contribution is 2.44. The summed E-state index contributed by atoms with van der Waals surface area (Å²) < 4.78 is 7.27. The molecule has 0 spiro atoms. The monoisotopic (exact) mass is 416 g/mol. The third kappa shape index (κ3) is 3.58. The van der Waals surface area contributed by atoms with Crippen LogP contribution in [0.1, 0.15) is 43.9 Å². The van der Waals surface area contributed by atoms with Crippen molar-refractivity contribution < 1.29 is 14.4 Å². The van der Waals surface area contributed by atoms with Crippen molar-refractivity contribution in [2.75, 3.05) is 14.2 Å². The van der Waals surface area contributed by atoms with Crippen molar-refractivity contribution in [1.29, 1.82) is 0 Å². The van der Waals surface area contributed by atoms with E-state index in [4.69, 9.17) is 9.57 Å². The number of aryl methyl sites for hydroxylation is 1. The summed E-state index contributed by atoms with van der Waals surface area (Å²) in [5.41, 5.74) is 2.09. The fourth-order valence-electron chi connectivity index (χ4n) is 4.38. The van der Waals surface area contributed by atoms with Crippen LogP contribution in [0.4, 0.5) is 4.79 Å². The number of ether oxygens (including phenoxy) is 1. The molecule has 1 atom stereocenters. The summed E-state index contributed by atoms with van der Waals surface area (Å²) in [4.78, 5) is 19.0. The first-order valence-corrected chi connectivity index (χ1v) is 10.8. The minimum atomic E-state index is -0.817. The van der Waals surface area contributed by atoms with Gasteiger partial charge in [-0.1, -0.05) is 61.6 Å². The zero-order chi connectivity index (χ0) is 21.8. The van der Waals surface area contributed by atoms with Crippen LogP contribution in [0.15, 0.2) is 54.6 Å². The molecular weight excluding hydrogens is 388 g/mol. The summed E-state index contributed by atoms with van der Waals surface area (Å²) in [6.45, 7) is 2.14. The number of amides is 1. The van der Waals surface area contributed by atoms with Crippen molar-refractivity contribution in [3.63, 3.8) is 0 Å². The number of nitrogens with zero attached hydrogens (tertiary/aromatic N) is 2. The molecule has 0 bridgehead atoms. The van der Waals surface area contributed by atoms with Gasteiger partial charge in [0, 0.05) is 11.8 Å². The zero-order valence-corrected chi connectivity index (χ0v) is 18.4. The number of carbonyl (C=O) groups is 1. The summed E-state index contributed by atoms with van der Waals surface area (Å²) in [6.07, 6.45) is 4.23. The largest absolute Gasteiger partial charge is 0.496 e. The van der Waals surface area contributed by atoms with Gasteiger partial charge >= 0.3 is 6.03 Å². The molecule has 1 amide bonds. The lowest BCUT2D eigenvalue weighted by Gasteiger charge is -2.31. The van der Waals surface area contributed by atoms with E-state index in [1.807, 2.05) is 42.5 Å². The van der Waals surface area contributed by atoms with E-state index < -0.39 is 5.54 Å². The van der Waals surface area contributed by atoms with Gasteiger partial charge in [0.2, 0.25) is 0 Å². The predicted octanol–water partition coefficient (Wildman–Crippen LogP) is 5.52. The second kappa shape index (κ2) is 8.87. The number of carbonyl (C=O) groups excluding carboxylic acids is 1. The van der Waals surface area contributed by atoms with Gasteiger partial charge in [-0.25, -0.2) is 4.79 Å². The van der Waals surface area contributed by atoms with Gasteiger partial charge in [-0.15, -0.1) is 0 Å². The maximum atomic E-state index is 13.4. The molecule has 160 valence electrons. The van der Waals surface area contributed by atoms with E-state index in [0.29, 0.717) is 12.8 Å². The second-order valence-corrected chi connectivity index (χ2v) is 7.77. The molecular formula is C26H28N2O3. The van der Waals surface area contributed by atoms with Crippen molar-refractivity contribution in [3.05, 3.63) is 65.9 Å². The van der Waals surface area contributed by atoms with Crippen LogP contribution in [0.3, 0.4) is 0 Å². The number of hydroxylamine groups is 2. The molecule has 0 aliphatic carbocycles. The average Bonchev–Trinajstić information content (AvgIpc) is 3.30. The number of benzene rings is 2. The summed E-state index contributed by atoms with van der Waals surface area (Å²) in [5.74, 6) is 7.56. The zero-order valence-electron chi connectivity index (χ0n) is 18.4. The standard InChI is InChI=1S/C26H28N2O3/c1-4-5-17-26(18-10-9-14-20-12-7-6-8-13-20)24-19-21-22(15-11-16-23(21)30-2)27(24)25(29)28(26)31-3/h6-8,11-13,15-16,19H,4-5,9,14,17H2,1-3H3. The summed E-state index contributed by atoms with van der Waals surface area (Å²) >= 11 is 0.